The summed E-state index contributed by atoms with van der Waals surface area (Å²) in [7, 11) is 1.64. The van der Waals surface area contributed by atoms with E-state index in [0.29, 0.717) is 44.4 Å². The molecule has 2 aromatic rings. The number of ether oxygens (including phenoxy) is 3. The first-order valence-corrected chi connectivity index (χ1v) is 9.38. The van der Waals surface area contributed by atoms with E-state index >= 15 is 0 Å². The average molecular weight is 424 g/mol. The van der Waals surface area contributed by atoms with Gasteiger partial charge in [0, 0.05) is 13.1 Å². The minimum atomic E-state index is 0.0497. The van der Waals surface area contributed by atoms with Crippen LogP contribution in [0.3, 0.4) is 0 Å². The van der Waals surface area contributed by atoms with Gasteiger partial charge in [0.2, 0.25) is 0 Å². The molecule has 0 aliphatic carbocycles. The molecule has 2 aromatic carbocycles. The van der Waals surface area contributed by atoms with E-state index in [9.17, 15) is 0 Å². The average Bonchev–Trinajstić information content (AvgIpc) is 2.64. The van der Waals surface area contributed by atoms with Gasteiger partial charge in [-0.3, -0.25) is 0 Å². The number of hydrogen-bond donors (Lipinski definition) is 2. The number of nitrogens with one attached hydrogen (secondary N) is 1. The predicted molar refractivity (Wildman–Crippen MR) is 106 cm³/mol. The molecule has 0 atom stereocenters. The van der Waals surface area contributed by atoms with Crippen molar-refractivity contribution in [3.05, 3.63) is 57.6 Å². The molecule has 0 aliphatic heterocycles. The highest BCUT2D eigenvalue weighted by molar-refractivity contribution is 9.10. The first-order valence-electron chi connectivity index (χ1n) is 8.58. The molecule has 0 aromatic heterocycles. The van der Waals surface area contributed by atoms with E-state index in [4.69, 9.17) is 19.3 Å². The van der Waals surface area contributed by atoms with Crippen LogP contribution >= 0.6 is 15.9 Å². The molecule has 0 amide bonds. The van der Waals surface area contributed by atoms with Gasteiger partial charge in [0.1, 0.15) is 6.61 Å². The fraction of sp³-hybridized carbons (Fsp3) is 0.400. The summed E-state index contributed by atoms with van der Waals surface area (Å²) in [5, 5.41) is 12.0. The lowest BCUT2D eigenvalue weighted by molar-refractivity contribution is 0.0938. The zero-order valence-corrected chi connectivity index (χ0v) is 16.8. The maximum Gasteiger partial charge on any atom is 0.175 e. The standard InChI is InChI=1S/C20H26BrNO4/c1-15-5-3-4-6-17(15)14-26-20-18(21)11-16(12-19(20)24-2)13-22-7-9-25-10-8-23/h3-6,11-12,22-23H,7-10,13-14H2,1-2H3. The van der Waals surface area contributed by atoms with Crippen molar-refractivity contribution in [1.29, 1.82) is 0 Å². The highest BCUT2D eigenvalue weighted by Crippen LogP contribution is 2.37. The van der Waals surface area contributed by atoms with E-state index < -0.39 is 0 Å². The molecular formula is C20H26BrNO4. The van der Waals surface area contributed by atoms with Crippen molar-refractivity contribution < 1.29 is 19.3 Å². The van der Waals surface area contributed by atoms with Crippen LogP contribution < -0.4 is 14.8 Å². The molecule has 142 valence electrons. The fourth-order valence-electron chi connectivity index (χ4n) is 2.48. The number of halogens is 1. The molecule has 6 heteroatoms. The van der Waals surface area contributed by atoms with Crippen molar-refractivity contribution in [3.63, 3.8) is 0 Å². The Hall–Kier alpha value is -1.60. The molecule has 0 unspecified atom stereocenters. The highest BCUT2D eigenvalue weighted by Gasteiger charge is 2.12. The first kappa shape index (κ1) is 20.7. The molecule has 0 heterocycles. The lowest BCUT2D eigenvalue weighted by atomic mass is 10.1. The Morgan fingerprint density at radius 1 is 1.15 bits per heavy atom. The number of hydrogen-bond acceptors (Lipinski definition) is 5. The third-order valence-corrected chi connectivity index (χ3v) is 4.50. The predicted octanol–water partition coefficient (Wildman–Crippen LogP) is 3.44. The Morgan fingerprint density at radius 3 is 2.69 bits per heavy atom. The Kier molecular flexibility index (Phi) is 8.91. The van der Waals surface area contributed by atoms with Gasteiger partial charge in [-0.2, -0.15) is 0 Å². The van der Waals surface area contributed by atoms with Crippen molar-refractivity contribution in [2.24, 2.45) is 0 Å². The van der Waals surface area contributed by atoms with Crippen LogP contribution in [0.15, 0.2) is 40.9 Å². The Bertz CT molecular complexity index is 694. The van der Waals surface area contributed by atoms with Gasteiger partial charge in [-0.15, -0.1) is 0 Å². The Morgan fingerprint density at radius 2 is 1.96 bits per heavy atom. The summed E-state index contributed by atoms with van der Waals surface area (Å²) in [6, 6.07) is 12.2. The highest BCUT2D eigenvalue weighted by atomic mass is 79.9. The maximum atomic E-state index is 8.67. The van der Waals surface area contributed by atoms with E-state index in [1.165, 1.54) is 5.56 Å². The molecule has 26 heavy (non-hydrogen) atoms. The largest absolute Gasteiger partial charge is 0.493 e. The van der Waals surface area contributed by atoms with Crippen LogP contribution in [0.2, 0.25) is 0 Å². The van der Waals surface area contributed by atoms with Gasteiger partial charge in [0.25, 0.3) is 0 Å². The lowest BCUT2D eigenvalue weighted by Gasteiger charge is -2.15. The smallest absolute Gasteiger partial charge is 0.175 e. The minimum Gasteiger partial charge on any atom is -0.493 e. The van der Waals surface area contributed by atoms with E-state index in [1.54, 1.807) is 7.11 Å². The zero-order chi connectivity index (χ0) is 18.8. The summed E-state index contributed by atoms with van der Waals surface area (Å²) >= 11 is 3.59. The second-order valence-electron chi connectivity index (χ2n) is 5.84. The molecule has 5 nitrogen and oxygen atoms in total. The molecule has 0 saturated carbocycles. The molecule has 0 bridgehead atoms. The van der Waals surface area contributed by atoms with Crippen molar-refractivity contribution in [1.82, 2.24) is 5.32 Å². The van der Waals surface area contributed by atoms with Gasteiger partial charge in [-0.05, 0) is 51.7 Å². The molecule has 0 fully saturated rings. The molecular weight excluding hydrogens is 398 g/mol. The molecule has 0 saturated heterocycles. The van der Waals surface area contributed by atoms with Crippen LogP contribution in [0.4, 0.5) is 0 Å². The van der Waals surface area contributed by atoms with Gasteiger partial charge in [-0.25, -0.2) is 0 Å². The normalized spacial score (nSPS) is 10.8. The van der Waals surface area contributed by atoms with Gasteiger partial charge in [0.05, 0.1) is 31.4 Å². The number of aryl methyl sites for hydroxylation is 1. The topological polar surface area (TPSA) is 60.0 Å². The van der Waals surface area contributed by atoms with Crippen LogP contribution in [-0.4, -0.2) is 38.6 Å². The second kappa shape index (κ2) is 11.2. The zero-order valence-electron chi connectivity index (χ0n) is 15.3. The van der Waals surface area contributed by atoms with Crippen molar-refractivity contribution in [3.8, 4) is 11.5 Å². The van der Waals surface area contributed by atoms with Gasteiger partial charge in [-0.1, -0.05) is 24.3 Å². The van der Waals surface area contributed by atoms with Gasteiger partial charge >= 0.3 is 0 Å². The van der Waals surface area contributed by atoms with E-state index in [2.05, 4.69) is 40.3 Å². The summed E-state index contributed by atoms with van der Waals surface area (Å²) in [5.74, 6) is 1.40. The Balaban J connectivity index is 1.96. The van der Waals surface area contributed by atoms with Crippen LogP contribution in [0.25, 0.3) is 0 Å². The van der Waals surface area contributed by atoms with Gasteiger partial charge in [0.15, 0.2) is 11.5 Å². The van der Waals surface area contributed by atoms with E-state index in [1.807, 2.05) is 24.3 Å². The van der Waals surface area contributed by atoms with Crippen LogP contribution in [-0.2, 0) is 17.9 Å². The second-order valence-corrected chi connectivity index (χ2v) is 6.69. The van der Waals surface area contributed by atoms with Crippen molar-refractivity contribution >= 4 is 15.9 Å². The van der Waals surface area contributed by atoms with E-state index in [-0.39, 0.29) is 6.61 Å². The maximum absolute atomic E-state index is 8.67. The molecule has 2 N–H and O–H groups in total. The number of rotatable bonds is 11. The number of aliphatic hydroxyl groups is 1. The summed E-state index contributed by atoms with van der Waals surface area (Å²) < 4.78 is 17.6. The molecule has 0 radical (unpaired) electrons. The van der Waals surface area contributed by atoms with Gasteiger partial charge < -0.3 is 24.6 Å². The van der Waals surface area contributed by atoms with Crippen LogP contribution in [0.1, 0.15) is 16.7 Å². The summed E-state index contributed by atoms with van der Waals surface area (Å²) in [5.41, 5.74) is 3.43. The van der Waals surface area contributed by atoms with Crippen LogP contribution in [0.5, 0.6) is 11.5 Å². The number of benzene rings is 2. The summed E-state index contributed by atoms with van der Waals surface area (Å²) in [4.78, 5) is 0. The lowest BCUT2D eigenvalue weighted by Crippen LogP contribution is -2.20. The minimum absolute atomic E-state index is 0.0497. The summed E-state index contributed by atoms with van der Waals surface area (Å²) in [6.45, 7) is 4.95. The third-order valence-electron chi connectivity index (χ3n) is 3.91. The Labute approximate surface area is 163 Å². The fourth-order valence-corrected chi connectivity index (χ4v) is 3.08. The summed E-state index contributed by atoms with van der Waals surface area (Å²) in [6.07, 6.45) is 0. The van der Waals surface area contributed by atoms with Crippen molar-refractivity contribution in [2.75, 3.05) is 33.5 Å². The van der Waals surface area contributed by atoms with Crippen LogP contribution in [0, 0.1) is 6.92 Å². The quantitative estimate of drug-likeness (QED) is 0.542. The molecule has 0 spiro atoms. The SMILES string of the molecule is COc1cc(CNCCOCCO)cc(Br)c1OCc1ccccc1C. The monoisotopic (exact) mass is 423 g/mol. The first-order chi connectivity index (χ1) is 12.7. The molecule has 0 aliphatic rings. The third kappa shape index (κ3) is 6.29. The van der Waals surface area contributed by atoms with E-state index in [0.717, 1.165) is 15.6 Å². The number of methoxy groups -OCH3 is 1. The molecule has 2 rings (SSSR count). The van der Waals surface area contributed by atoms with Crippen molar-refractivity contribution in [2.45, 2.75) is 20.1 Å². The number of aliphatic hydroxyl groups excluding tert-OH is 1.